The number of hydrogen-bond acceptors (Lipinski definition) is 4. The van der Waals surface area contributed by atoms with Crippen molar-refractivity contribution in [3.63, 3.8) is 0 Å². The smallest absolute Gasteiger partial charge is 0.240 e. The molecule has 1 aliphatic heterocycles. The van der Waals surface area contributed by atoms with Gasteiger partial charge in [-0.3, -0.25) is 19.3 Å². The summed E-state index contributed by atoms with van der Waals surface area (Å²) in [5.41, 5.74) is 1.81. The molecule has 1 N–H and O–H groups in total. The third-order valence-corrected chi connectivity index (χ3v) is 6.83. The van der Waals surface area contributed by atoms with Crippen LogP contribution in [0.3, 0.4) is 0 Å². The molecule has 5 atom stereocenters. The molecule has 3 amide bonds. The normalized spacial score (nSPS) is 26.3. The molecule has 2 aliphatic carbocycles. The summed E-state index contributed by atoms with van der Waals surface area (Å²) < 4.78 is 5.52. The highest BCUT2D eigenvalue weighted by Gasteiger charge is 2.59. The van der Waals surface area contributed by atoms with Crippen molar-refractivity contribution in [1.82, 2.24) is 10.2 Å². The topological polar surface area (TPSA) is 75.7 Å². The van der Waals surface area contributed by atoms with Crippen LogP contribution in [-0.4, -0.2) is 35.8 Å². The van der Waals surface area contributed by atoms with Gasteiger partial charge < -0.3 is 10.1 Å². The van der Waals surface area contributed by atoms with Gasteiger partial charge in [0.15, 0.2) is 0 Å². The molecule has 6 nitrogen and oxygen atoms in total. The molecular weight excluding hydrogens is 404 g/mol. The van der Waals surface area contributed by atoms with E-state index in [1.165, 1.54) is 0 Å². The van der Waals surface area contributed by atoms with E-state index in [2.05, 4.69) is 17.5 Å². The van der Waals surface area contributed by atoms with Gasteiger partial charge in [-0.05, 0) is 48.4 Å². The fourth-order valence-electron chi connectivity index (χ4n) is 5.40. The summed E-state index contributed by atoms with van der Waals surface area (Å²) in [4.78, 5) is 40.0. The number of likely N-dealkylation sites (tertiary alicyclic amines) is 1. The van der Waals surface area contributed by atoms with E-state index in [-0.39, 0.29) is 47.9 Å². The van der Waals surface area contributed by atoms with Gasteiger partial charge in [0, 0.05) is 0 Å². The van der Waals surface area contributed by atoms with Gasteiger partial charge in [-0.15, -0.1) is 0 Å². The summed E-state index contributed by atoms with van der Waals surface area (Å²) in [6.45, 7) is 2.26. The van der Waals surface area contributed by atoms with Gasteiger partial charge in [0.1, 0.15) is 12.3 Å². The van der Waals surface area contributed by atoms with Crippen LogP contribution in [0, 0.1) is 23.7 Å². The molecule has 2 aromatic carbocycles. The number of carbonyl (C=O) groups excluding carboxylic acids is 3. The van der Waals surface area contributed by atoms with Crippen LogP contribution in [0.15, 0.2) is 66.7 Å². The molecule has 2 bridgehead atoms. The number of imide groups is 1. The predicted octanol–water partition coefficient (Wildman–Crippen LogP) is 3.10. The van der Waals surface area contributed by atoms with Crippen molar-refractivity contribution in [2.75, 3.05) is 13.2 Å². The van der Waals surface area contributed by atoms with Crippen LogP contribution in [0.1, 0.15) is 30.5 Å². The molecule has 0 aromatic heterocycles. The summed E-state index contributed by atoms with van der Waals surface area (Å²) in [6.07, 6.45) is 4.98. The number of nitrogens with zero attached hydrogens (tertiary/aromatic N) is 1. The number of nitrogens with one attached hydrogen (secondary N) is 1. The van der Waals surface area contributed by atoms with Crippen LogP contribution in [0.4, 0.5) is 0 Å². The molecule has 1 heterocycles. The number of rotatable bonds is 7. The minimum absolute atomic E-state index is 0.135. The number of benzene rings is 2. The van der Waals surface area contributed by atoms with Crippen molar-refractivity contribution in [3.05, 3.63) is 77.9 Å². The van der Waals surface area contributed by atoms with Gasteiger partial charge in [0.25, 0.3) is 0 Å². The predicted molar refractivity (Wildman–Crippen MR) is 118 cm³/mol. The Kier molecular flexibility index (Phi) is 5.29. The van der Waals surface area contributed by atoms with E-state index in [1.54, 1.807) is 0 Å². The van der Waals surface area contributed by atoms with Gasteiger partial charge in [-0.25, -0.2) is 0 Å². The number of carbonyl (C=O) groups is 3. The highest BCUT2D eigenvalue weighted by atomic mass is 16.5. The van der Waals surface area contributed by atoms with Crippen molar-refractivity contribution in [3.8, 4) is 5.75 Å². The molecule has 2 aromatic rings. The zero-order valence-electron chi connectivity index (χ0n) is 17.9. The minimum Gasteiger partial charge on any atom is -0.494 e. The Hall–Kier alpha value is -3.41. The van der Waals surface area contributed by atoms with E-state index < -0.39 is 6.04 Å². The molecule has 5 rings (SSSR count). The Morgan fingerprint density at radius 1 is 0.969 bits per heavy atom. The Morgan fingerprint density at radius 3 is 2.16 bits per heavy atom. The average molecular weight is 431 g/mol. The molecule has 0 radical (unpaired) electrons. The molecule has 164 valence electrons. The fourth-order valence-corrected chi connectivity index (χ4v) is 5.40. The van der Waals surface area contributed by atoms with E-state index in [4.69, 9.17) is 4.74 Å². The van der Waals surface area contributed by atoms with Crippen molar-refractivity contribution in [1.29, 1.82) is 0 Å². The van der Waals surface area contributed by atoms with Gasteiger partial charge in [-0.2, -0.15) is 0 Å². The standard InChI is InChI=1S/C26H26N2O4/c1-2-32-20-12-10-17(11-13-20)24(16-6-4-3-5-7-16)27-21(29)15-28-25(30)22-18-8-9-19(14-18)23(22)26(28)31/h3-13,18-19,22-24H,2,14-15H2,1H3,(H,27,29). The van der Waals surface area contributed by atoms with Gasteiger partial charge >= 0.3 is 0 Å². The lowest BCUT2D eigenvalue weighted by atomic mass is 9.85. The first-order chi connectivity index (χ1) is 15.6. The Labute approximate surface area is 187 Å². The molecule has 1 saturated heterocycles. The number of allylic oxidation sites excluding steroid dienone is 2. The Morgan fingerprint density at radius 2 is 1.56 bits per heavy atom. The summed E-state index contributed by atoms with van der Waals surface area (Å²) >= 11 is 0. The Bertz CT molecular complexity index is 1030. The number of fused-ring (bicyclic) bond motifs is 5. The number of hydrogen-bond donors (Lipinski definition) is 1. The van der Waals surface area contributed by atoms with E-state index in [0.29, 0.717) is 6.61 Å². The van der Waals surface area contributed by atoms with Crippen molar-refractivity contribution in [2.45, 2.75) is 19.4 Å². The zero-order valence-corrected chi connectivity index (χ0v) is 17.9. The minimum atomic E-state index is -0.399. The first-order valence-electron chi connectivity index (χ1n) is 11.2. The van der Waals surface area contributed by atoms with Crippen molar-refractivity contribution in [2.24, 2.45) is 23.7 Å². The first-order valence-corrected chi connectivity index (χ1v) is 11.2. The SMILES string of the molecule is CCOc1ccc(C(NC(=O)CN2C(=O)C3C4C=CC(C4)C3C2=O)c2ccccc2)cc1. The van der Waals surface area contributed by atoms with E-state index >= 15 is 0 Å². The molecule has 0 spiro atoms. The van der Waals surface area contributed by atoms with Gasteiger partial charge in [-0.1, -0.05) is 54.6 Å². The second-order valence-corrected chi connectivity index (χ2v) is 8.68. The summed E-state index contributed by atoms with van der Waals surface area (Å²) in [5.74, 6) is -0.311. The lowest BCUT2D eigenvalue weighted by Crippen LogP contribution is -2.43. The fraction of sp³-hybridized carbons (Fsp3) is 0.346. The Balaban J connectivity index is 1.33. The molecule has 5 unspecified atom stereocenters. The highest BCUT2D eigenvalue weighted by Crippen LogP contribution is 2.52. The summed E-state index contributed by atoms with van der Waals surface area (Å²) in [6, 6.07) is 16.8. The molecule has 1 saturated carbocycles. The van der Waals surface area contributed by atoms with E-state index in [1.807, 2.05) is 61.5 Å². The molecule has 2 fully saturated rings. The quantitative estimate of drug-likeness (QED) is 0.541. The first kappa shape index (κ1) is 20.5. The van der Waals surface area contributed by atoms with Crippen LogP contribution in [-0.2, 0) is 14.4 Å². The van der Waals surface area contributed by atoms with E-state index in [9.17, 15) is 14.4 Å². The van der Waals surface area contributed by atoms with Crippen LogP contribution in [0.2, 0.25) is 0 Å². The second kappa shape index (κ2) is 8.26. The molecule has 6 heteroatoms. The van der Waals surface area contributed by atoms with Crippen LogP contribution >= 0.6 is 0 Å². The van der Waals surface area contributed by atoms with E-state index in [0.717, 1.165) is 28.2 Å². The van der Waals surface area contributed by atoms with Crippen LogP contribution < -0.4 is 10.1 Å². The summed E-state index contributed by atoms with van der Waals surface area (Å²) in [5, 5.41) is 3.03. The zero-order chi connectivity index (χ0) is 22.2. The third-order valence-electron chi connectivity index (χ3n) is 6.83. The van der Waals surface area contributed by atoms with Crippen molar-refractivity contribution >= 4 is 17.7 Å². The second-order valence-electron chi connectivity index (χ2n) is 8.68. The largest absolute Gasteiger partial charge is 0.494 e. The lowest BCUT2D eigenvalue weighted by Gasteiger charge is -2.22. The average Bonchev–Trinajstić information content (AvgIpc) is 3.49. The highest BCUT2D eigenvalue weighted by molar-refractivity contribution is 6.08. The molecule has 32 heavy (non-hydrogen) atoms. The maximum Gasteiger partial charge on any atom is 0.240 e. The third kappa shape index (κ3) is 3.49. The van der Waals surface area contributed by atoms with Crippen molar-refractivity contribution < 1.29 is 19.1 Å². The molecular formula is C26H26N2O4. The number of amides is 3. The number of ether oxygens (including phenoxy) is 1. The van der Waals surface area contributed by atoms with Gasteiger partial charge in [0.2, 0.25) is 17.7 Å². The van der Waals surface area contributed by atoms with Crippen LogP contribution in [0.25, 0.3) is 0 Å². The van der Waals surface area contributed by atoms with Gasteiger partial charge in [0.05, 0.1) is 24.5 Å². The summed E-state index contributed by atoms with van der Waals surface area (Å²) in [7, 11) is 0. The van der Waals surface area contributed by atoms with Crippen LogP contribution in [0.5, 0.6) is 5.75 Å². The molecule has 3 aliphatic rings. The maximum absolute atomic E-state index is 13.0. The maximum atomic E-state index is 13.0. The monoisotopic (exact) mass is 430 g/mol. The lowest BCUT2D eigenvalue weighted by molar-refractivity contribution is -0.144.